The van der Waals surface area contributed by atoms with Crippen LogP contribution in [0.1, 0.15) is 11.1 Å². The van der Waals surface area contributed by atoms with Crippen LogP contribution in [0.4, 0.5) is 0 Å². The Hall–Kier alpha value is -3.05. The number of hydrogen-bond acceptors (Lipinski definition) is 5. The number of benzene rings is 3. The highest BCUT2D eigenvalue weighted by molar-refractivity contribution is 6.02. The monoisotopic (exact) mass is 322 g/mol. The van der Waals surface area contributed by atoms with Crippen LogP contribution < -0.4 is 5.43 Å². The van der Waals surface area contributed by atoms with Crippen LogP contribution in [0, 0.1) is 0 Å². The van der Waals surface area contributed by atoms with Gasteiger partial charge in [-0.2, -0.15) is 5.10 Å². The number of rotatable bonds is 5. The van der Waals surface area contributed by atoms with Gasteiger partial charge in [0.15, 0.2) is 0 Å². The fourth-order valence-corrected chi connectivity index (χ4v) is 2.56. The summed E-state index contributed by atoms with van der Waals surface area (Å²) in [5.41, 5.74) is 4.00. The number of hydrogen-bond donors (Lipinski definition) is 4. The molecule has 0 saturated heterocycles. The molecule has 3 aromatic carbocycles. The topological polar surface area (TPSA) is 85.1 Å². The van der Waals surface area contributed by atoms with E-state index in [1.165, 1.54) is 6.21 Å². The van der Waals surface area contributed by atoms with Crippen LogP contribution >= 0.6 is 0 Å². The summed E-state index contributed by atoms with van der Waals surface area (Å²) in [6.07, 6.45) is 0.886. The van der Waals surface area contributed by atoms with Gasteiger partial charge in [-0.15, -0.1) is 0 Å². The highest BCUT2D eigenvalue weighted by Crippen LogP contribution is 2.25. The summed E-state index contributed by atoms with van der Waals surface area (Å²) in [5.74, 6) is 0.283. The molecule has 0 aliphatic carbocycles. The van der Waals surface area contributed by atoms with E-state index in [0.717, 1.165) is 16.3 Å². The molecule has 4 N–H and O–H groups in total. The molecule has 3 rings (SSSR count). The molecule has 0 spiro atoms. The number of aliphatic hydroxyl groups is 1. The molecular weight excluding hydrogens is 304 g/mol. The molecule has 0 bridgehead atoms. The Morgan fingerprint density at radius 2 is 1.83 bits per heavy atom. The van der Waals surface area contributed by atoms with E-state index in [1.54, 1.807) is 24.3 Å². The van der Waals surface area contributed by atoms with Crippen molar-refractivity contribution < 1.29 is 15.3 Å². The third-order valence-corrected chi connectivity index (χ3v) is 3.70. The van der Waals surface area contributed by atoms with Crippen LogP contribution in [0.3, 0.4) is 0 Å². The van der Waals surface area contributed by atoms with Crippen LogP contribution in [-0.2, 0) is 6.42 Å². The lowest BCUT2D eigenvalue weighted by atomic mass is 10.0. The zero-order valence-electron chi connectivity index (χ0n) is 12.9. The van der Waals surface area contributed by atoms with E-state index in [0.29, 0.717) is 12.0 Å². The number of aromatic hydroxyl groups is 2. The van der Waals surface area contributed by atoms with Crippen molar-refractivity contribution in [2.45, 2.75) is 12.6 Å². The van der Waals surface area contributed by atoms with E-state index < -0.39 is 6.23 Å². The lowest BCUT2D eigenvalue weighted by molar-refractivity contribution is 0.139. The van der Waals surface area contributed by atoms with Crippen LogP contribution in [-0.4, -0.2) is 27.8 Å². The van der Waals surface area contributed by atoms with E-state index in [-0.39, 0.29) is 11.5 Å². The maximum absolute atomic E-state index is 10.0. The third-order valence-electron chi connectivity index (χ3n) is 3.70. The van der Waals surface area contributed by atoms with Gasteiger partial charge in [0.1, 0.15) is 17.7 Å². The van der Waals surface area contributed by atoms with Gasteiger partial charge >= 0.3 is 0 Å². The van der Waals surface area contributed by atoms with Crippen molar-refractivity contribution in [1.29, 1.82) is 0 Å². The molecule has 1 atom stereocenters. The number of fused-ring (bicyclic) bond motifs is 1. The first-order valence-electron chi connectivity index (χ1n) is 7.59. The molecule has 0 fully saturated rings. The zero-order valence-corrected chi connectivity index (χ0v) is 12.9. The smallest absolute Gasteiger partial charge is 0.143 e. The summed E-state index contributed by atoms with van der Waals surface area (Å²) in [5, 5.41) is 35.3. The molecule has 0 saturated carbocycles. The van der Waals surface area contributed by atoms with Crippen molar-refractivity contribution in [3.63, 3.8) is 0 Å². The first kappa shape index (κ1) is 15.8. The van der Waals surface area contributed by atoms with Gasteiger partial charge in [0, 0.05) is 12.0 Å². The van der Waals surface area contributed by atoms with Gasteiger partial charge in [-0.3, -0.25) is 5.43 Å². The minimum Gasteiger partial charge on any atom is -0.508 e. The van der Waals surface area contributed by atoms with Crippen LogP contribution in [0.2, 0.25) is 0 Å². The summed E-state index contributed by atoms with van der Waals surface area (Å²) >= 11 is 0. The SMILES string of the molecule is Oc1cccc(CC(O)N/N=C\c2c(O)ccc3ccccc23)c1. The summed E-state index contributed by atoms with van der Waals surface area (Å²) < 4.78 is 0. The molecule has 0 aromatic heterocycles. The molecule has 5 heteroatoms. The number of hydrazone groups is 1. The average molecular weight is 322 g/mol. The highest BCUT2D eigenvalue weighted by Gasteiger charge is 2.06. The van der Waals surface area contributed by atoms with E-state index in [4.69, 9.17) is 0 Å². The van der Waals surface area contributed by atoms with Gasteiger partial charge in [-0.05, 0) is 34.5 Å². The Morgan fingerprint density at radius 1 is 1.00 bits per heavy atom. The minimum absolute atomic E-state index is 0.127. The fourth-order valence-electron chi connectivity index (χ4n) is 2.56. The molecule has 3 aromatic rings. The molecule has 0 amide bonds. The second kappa shape index (κ2) is 7.02. The Kier molecular flexibility index (Phi) is 4.63. The summed E-state index contributed by atoms with van der Waals surface area (Å²) in [6.45, 7) is 0. The van der Waals surface area contributed by atoms with Crippen molar-refractivity contribution in [3.05, 3.63) is 71.8 Å². The lowest BCUT2D eigenvalue weighted by Gasteiger charge is -2.10. The van der Waals surface area contributed by atoms with Gasteiger partial charge in [0.05, 0.1) is 6.21 Å². The predicted molar refractivity (Wildman–Crippen MR) is 94.2 cm³/mol. The van der Waals surface area contributed by atoms with Gasteiger partial charge in [0.25, 0.3) is 0 Å². The van der Waals surface area contributed by atoms with Crippen molar-refractivity contribution in [1.82, 2.24) is 5.43 Å². The van der Waals surface area contributed by atoms with Crippen molar-refractivity contribution >= 4 is 17.0 Å². The number of phenolic OH excluding ortho intramolecular Hbond substituents is 2. The Balaban J connectivity index is 1.71. The summed E-state index contributed by atoms with van der Waals surface area (Å²) in [6, 6.07) is 17.8. The van der Waals surface area contributed by atoms with Crippen LogP contribution in [0.5, 0.6) is 11.5 Å². The number of phenols is 2. The molecular formula is C19H18N2O3. The number of aliphatic hydroxyl groups excluding tert-OH is 1. The number of nitrogens with one attached hydrogen (secondary N) is 1. The van der Waals surface area contributed by atoms with Crippen molar-refractivity contribution in [2.75, 3.05) is 0 Å². The second-order valence-corrected chi connectivity index (χ2v) is 5.50. The normalized spacial score (nSPS) is 12.5. The first-order valence-corrected chi connectivity index (χ1v) is 7.59. The van der Waals surface area contributed by atoms with Crippen LogP contribution in [0.25, 0.3) is 10.8 Å². The van der Waals surface area contributed by atoms with Crippen LogP contribution in [0.15, 0.2) is 65.8 Å². The van der Waals surface area contributed by atoms with Crippen molar-refractivity contribution in [2.24, 2.45) is 5.10 Å². The number of nitrogens with zero attached hydrogens (tertiary/aromatic N) is 1. The Labute approximate surface area is 139 Å². The molecule has 1 unspecified atom stereocenters. The maximum Gasteiger partial charge on any atom is 0.143 e. The maximum atomic E-state index is 10.0. The standard InChI is InChI=1S/C19H18N2O3/c22-15-6-3-4-13(10-15)11-19(24)21-20-12-17-16-7-2-1-5-14(16)8-9-18(17)23/h1-10,12,19,21-24H,11H2/b20-12-. The molecule has 0 aliphatic rings. The lowest BCUT2D eigenvalue weighted by Crippen LogP contribution is -2.26. The Bertz CT molecular complexity index is 877. The molecule has 5 nitrogen and oxygen atoms in total. The first-order chi connectivity index (χ1) is 11.6. The second-order valence-electron chi connectivity index (χ2n) is 5.50. The zero-order chi connectivity index (χ0) is 16.9. The largest absolute Gasteiger partial charge is 0.508 e. The van der Waals surface area contributed by atoms with E-state index in [9.17, 15) is 15.3 Å². The molecule has 122 valence electrons. The highest BCUT2D eigenvalue weighted by atomic mass is 16.3. The Morgan fingerprint density at radius 3 is 2.67 bits per heavy atom. The fraction of sp³-hybridized carbons (Fsp3) is 0.105. The molecule has 0 heterocycles. The van der Waals surface area contributed by atoms with E-state index in [2.05, 4.69) is 10.5 Å². The molecule has 0 radical (unpaired) electrons. The third kappa shape index (κ3) is 3.64. The van der Waals surface area contributed by atoms with E-state index in [1.807, 2.05) is 36.4 Å². The summed E-state index contributed by atoms with van der Waals surface area (Å²) in [7, 11) is 0. The minimum atomic E-state index is -0.903. The summed E-state index contributed by atoms with van der Waals surface area (Å²) in [4.78, 5) is 0. The van der Waals surface area contributed by atoms with Gasteiger partial charge in [-0.25, -0.2) is 0 Å². The van der Waals surface area contributed by atoms with Gasteiger partial charge in [-0.1, -0.05) is 42.5 Å². The van der Waals surface area contributed by atoms with Gasteiger partial charge in [0.2, 0.25) is 0 Å². The predicted octanol–water partition coefficient (Wildman–Crippen LogP) is 2.74. The molecule has 0 aliphatic heterocycles. The van der Waals surface area contributed by atoms with Gasteiger partial charge < -0.3 is 15.3 Å². The van der Waals surface area contributed by atoms with E-state index >= 15 is 0 Å². The molecule has 24 heavy (non-hydrogen) atoms. The van der Waals surface area contributed by atoms with Crippen molar-refractivity contribution in [3.8, 4) is 11.5 Å². The quantitative estimate of drug-likeness (QED) is 0.330. The average Bonchev–Trinajstić information content (AvgIpc) is 2.57.